The highest BCUT2D eigenvalue weighted by atomic mass is 16.6. The van der Waals surface area contributed by atoms with Gasteiger partial charge in [-0.3, -0.25) is 25.1 Å². The molecule has 0 bridgehead atoms. The SMILES string of the molecule is O=C(NC(Cc1ccc([N+](=O)[O-])cc1)C(=O)NNN1CCCC1)c1cccc2ccccc12. The number of rotatable bonds is 8. The molecule has 1 fully saturated rings. The van der Waals surface area contributed by atoms with Crippen molar-refractivity contribution in [3.05, 3.63) is 88.0 Å². The summed E-state index contributed by atoms with van der Waals surface area (Å²) in [5.41, 5.74) is 6.73. The van der Waals surface area contributed by atoms with Gasteiger partial charge in [0.15, 0.2) is 0 Å². The van der Waals surface area contributed by atoms with Gasteiger partial charge in [0, 0.05) is 37.2 Å². The van der Waals surface area contributed by atoms with Gasteiger partial charge in [0.25, 0.3) is 17.5 Å². The van der Waals surface area contributed by atoms with Crippen molar-refractivity contribution < 1.29 is 14.5 Å². The second-order valence-corrected chi connectivity index (χ2v) is 7.98. The van der Waals surface area contributed by atoms with Crippen LogP contribution in [0.15, 0.2) is 66.7 Å². The van der Waals surface area contributed by atoms with E-state index in [0.717, 1.165) is 36.7 Å². The van der Waals surface area contributed by atoms with E-state index in [0.29, 0.717) is 11.1 Å². The summed E-state index contributed by atoms with van der Waals surface area (Å²) in [6.45, 7) is 1.66. The molecule has 9 nitrogen and oxygen atoms in total. The van der Waals surface area contributed by atoms with Gasteiger partial charge < -0.3 is 5.32 Å². The fourth-order valence-corrected chi connectivity index (χ4v) is 3.91. The van der Waals surface area contributed by atoms with Crippen molar-refractivity contribution in [3.8, 4) is 0 Å². The first kappa shape index (κ1) is 22.4. The molecule has 0 spiro atoms. The number of nitro groups is 1. The molecule has 1 aliphatic heterocycles. The smallest absolute Gasteiger partial charge is 0.269 e. The second kappa shape index (κ2) is 10.2. The number of benzene rings is 3. The lowest BCUT2D eigenvalue weighted by atomic mass is 10.0. The molecule has 3 aromatic rings. The van der Waals surface area contributed by atoms with Crippen LogP contribution in [0, 0.1) is 10.1 Å². The van der Waals surface area contributed by atoms with Gasteiger partial charge in [0.1, 0.15) is 6.04 Å². The molecule has 3 aromatic carbocycles. The van der Waals surface area contributed by atoms with Crippen molar-refractivity contribution in [2.75, 3.05) is 13.1 Å². The highest BCUT2D eigenvalue weighted by molar-refractivity contribution is 6.08. The van der Waals surface area contributed by atoms with Crippen molar-refractivity contribution in [2.24, 2.45) is 0 Å². The number of carbonyl (C=O) groups excluding carboxylic acids is 2. The average Bonchev–Trinajstić information content (AvgIpc) is 3.36. The number of non-ortho nitro benzene ring substituents is 1. The van der Waals surface area contributed by atoms with E-state index >= 15 is 0 Å². The highest BCUT2D eigenvalue weighted by Crippen LogP contribution is 2.19. The van der Waals surface area contributed by atoms with Crippen LogP contribution in [0.4, 0.5) is 5.69 Å². The van der Waals surface area contributed by atoms with Crippen LogP contribution in [0.2, 0.25) is 0 Å². The molecule has 170 valence electrons. The van der Waals surface area contributed by atoms with E-state index in [1.807, 2.05) is 35.3 Å². The maximum absolute atomic E-state index is 13.2. The average molecular weight is 447 g/mol. The third-order valence-electron chi connectivity index (χ3n) is 5.69. The summed E-state index contributed by atoms with van der Waals surface area (Å²) < 4.78 is 0. The minimum absolute atomic E-state index is 0.0322. The Labute approximate surface area is 190 Å². The van der Waals surface area contributed by atoms with Crippen molar-refractivity contribution in [2.45, 2.75) is 25.3 Å². The fraction of sp³-hybridized carbons (Fsp3) is 0.250. The van der Waals surface area contributed by atoms with Crippen LogP contribution in [0.5, 0.6) is 0 Å². The van der Waals surface area contributed by atoms with Crippen molar-refractivity contribution in [1.82, 2.24) is 21.3 Å². The standard InChI is InChI=1S/C24H25N5O4/c30-23(21-9-5-7-18-6-1-2-8-20(18)21)25-22(24(31)26-27-28-14-3-4-15-28)16-17-10-12-19(13-11-17)29(32)33/h1-2,5-13,22,27H,3-4,14-16H2,(H,25,30)(H,26,31). The molecule has 1 saturated heterocycles. The van der Waals surface area contributed by atoms with E-state index in [1.54, 1.807) is 24.3 Å². The molecule has 2 amide bonds. The monoisotopic (exact) mass is 447 g/mol. The third-order valence-corrected chi connectivity index (χ3v) is 5.69. The topological polar surface area (TPSA) is 117 Å². The first-order valence-corrected chi connectivity index (χ1v) is 10.8. The first-order valence-electron chi connectivity index (χ1n) is 10.8. The van der Waals surface area contributed by atoms with Gasteiger partial charge in [-0.2, -0.15) is 5.53 Å². The number of hydrogen-bond donors (Lipinski definition) is 3. The summed E-state index contributed by atoms with van der Waals surface area (Å²) in [6.07, 6.45) is 2.28. The zero-order chi connectivity index (χ0) is 23.2. The molecular formula is C24H25N5O4. The zero-order valence-corrected chi connectivity index (χ0v) is 18.0. The quantitative estimate of drug-likeness (QED) is 0.361. The summed E-state index contributed by atoms with van der Waals surface area (Å²) in [7, 11) is 0. The predicted molar refractivity (Wildman–Crippen MR) is 124 cm³/mol. The minimum atomic E-state index is -0.881. The number of nitro benzene ring substituents is 1. The molecule has 1 heterocycles. The molecule has 0 saturated carbocycles. The summed E-state index contributed by atoms with van der Waals surface area (Å²) in [5.74, 6) is -0.760. The van der Waals surface area contributed by atoms with Crippen LogP contribution >= 0.6 is 0 Å². The number of hydrogen-bond acceptors (Lipinski definition) is 6. The number of amides is 2. The van der Waals surface area contributed by atoms with Crippen LogP contribution in [0.3, 0.4) is 0 Å². The van der Waals surface area contributed by atoms with Crippen LogP contribution in [0.25, 0.3) is 10.8 Å². The fourth-order valence-electron chi connectivity index (χ4n) is 3.91. The van der Waals surface area contributed by atoms with Gasteiger partial charge in [-0.25, -0.2) is 5.01 Å². The Morgan fingerprint density at radius 2 is 1.67 bits per heavy atom. The van der Waals surface area contributed by atoms with Crippen LogP contribution < -0.4 is 16.3 Å². The minimum Gasteiger partial charge on any atom is -0.340 e. The van der Waals surface area contributed by atoms with Crippen LogP contribution in [-0.4, -0.2) is 40.9 Å². The lowest BCUT2D eigenvalue weighted by molar-refractivity contribution is -0.384. The maximum atomic E-state index is 13.2. The highest BCUT2D eigenvalue weighted by Gasteiger charge is 2.24. The molecular weight excluding hydrogens is 422 g/mol. The van der Waals surface area contributed by atoms with Crippen molar-refractivity contribution >= 4 is 28.3 Å². The molecule has 3 N–H and O–H groups in total. The van der Waals surface area contributed by atoms with E-state index in [-0.39, 0.29) is 18.0 Å². The van der Waals surface area contributed by atoms with E-state index in [9.17, 15) is 19.7 Å². The second-order valence-electron chi connectivity index (χ2n) is 7.98. The number of fused-ring (bicyclic) bond motifs is 1. The van der Waals surface area contributed by atoms with E-state index in [4.69, 9.17) is 0 Å². The Morgan fingerprint density at radius 3 is 2.39 bits per heavy atom. The van der Waals surface area contributed by atoms with Crippen LogP contribution in [0.1, 0.15) is 28.8 Å². The molecule has 0 radical (unpaired) electrons. The van der Waals surface area contributed by atoms with E-state index in [1.165, 1.54) is 12.1 Å². The summed E-state index contributed by atoms with van der Waals surface area (Å²) in [5, 5.41) is 17.4. The zero-order valence-electron chi connectivity index (χ0n) is 18.0. The number of hydrazine groups is 2. The number of nitrogens with zero attached hydrogens (tertiary/aromatic N) is 2. The maximum Gasteiger partial charge on any atom is 0.269 e. The van der Waals surface area contributed by atoms with Gasteiger partial charge in [0.2, 0.25) is 0 Å². The Kier molecular flexibility index (Phi) is 6.92. The van der Waals surface area contributed by atoms with Gasteiger partial charge in [-0.05, 0) is 35.2 Å². The van der Waals surface area contributed by atoms with Gasteiger partial charge in [0.05, 0.1) is 4.92 Å². The molecule has 1 atom stereocenters. The van der Waals surface area contributed by atoms with Crippen molar-refractivity contribution in [1.29, 1.82) is 0 Å². The first-order chi connectivity index (χ1) is 16.0. The Balaban J connectivity index is 1.53. The number of nitrogens with one attached hydrogen (secondary N) is 3. The Hall–Kier alpha value is -3.82. The molecule has 9 heteroatoms. The largest absolute Gasteiger partial charge is 0.340 e. The Morgan fingerprint density at radius 1 is 0.970 bits per heavy atom. The molecule has 4 rings (SSSR count). The lowest BCUT2D eigenvalue weighted by Crippen LogP contribution is -2.55. The predicted octanol–water partition coefficient (Wildman–Crippen LogP) is 2.72. The summed E-state index contributed by atoms with van der Waals surface area (Å²) in [4.78, 5) is 36.6. The molecule has 0 aromatic heterocycles. The molecule has 33 heavy (non-hydrogen) atoms. The van der Waals surface area contributed by atoms with Gasteiger partial charge in [-0.1, -0.05) is 48.5 Å². The molecule has 1 aliphatic rings. The van der Waals surface area contributed by atoms with E-state index in [2.05, 4.69) is 16.3 Å². The van der Waals surface area contributed by atoms with Gasteiger partial charge >= 0.3 is 0 Å². The summed E-state index contributed by atoms with van der Waals surface area (Å²) >= 11 is 0. The molecule has 1 unspecified atom stereocenters. The van der Waals surface area contributed by atoms with Crippen molar-refractivity contribution in [3.63, 3.8) is 0 Å². The summed E-state index contributed by atoms with van der Waals surface area (Å²) in [6, 6.07) is 18.1. The number of carbonyl (C=O) groups is 2. The third kappa shape index (κ3) is 5.51. The van der Waals surface area contributed by atoms with E-state index < -0.39 is 16.9 Å². The van der Waals surface area contributed by atoms with Crippen LogP contribution in [-0.2, 0) is 11.2 Å². The normalized spacial score (nSPS) is 14.7. The Bertz CT molecular complexity index is 1150. The van der Waals surface area contributed by atoms with Gasteiger partial charge in [-0.15, -0.1) is 0 Å². The lowest BCUT2D eigenvalue weighted by Gasteiger charge is -2.22. The molecule has 0 aliphatic carbocycles.